The van der Waals surface area contributed by atoms with Gasteiger partial charge in [-0.3, -0.25) is 10.2 Å². The SMILES string of the molecule is CC(C)(C)NCC(=O)NN1CCOCC1. The summed E-state index contributed by atoms with van der Waals surface area (Å²) >= 11 is 0. The van der Waals surface area contributed by atoms with E-state index in [1.807, 2.05) is 25.8 Å². The van der Waals surface area contributed by atoms with Crippen LogP contribution in [0, 0.1) is 0 Å². The number of hydrazine groups is 1. The second-order valence-corrected chi connectivity index (χ2v) is 4.74. The van der Waals surface area contributed by atoms with Crippen molar-refractivity contribution in [1.29, 1.82) is 0 Å². The van der Waals surface area contributed by atoms with E-state index in [1.165, 1.54) is 0 Å². The summed E-state index contributed by atoms with van der Waals surface area (Å²) in [6.07, 6.45) is 0. The first kappa shape index (κ1) is 12.4. The Morgan fingerprint density at radius 2 is 1.93 bits per heavy atom. The molecule has 1 heterocycles. The number of carbonyl (C=O) groups excluding carboxylic acids is 1. The molecule has 1 rings (SSSR count). The Balaban J connectivity index is 2.17. The van der Waals surface area contributed by atoms with E-state index >= 15 is 0 Å². The van der Waals surface area contributed by atoms with Crippen LogP contribution in [0.5, 0.6) is 0 Å². The Labute approximate surface area is 91.1 Å². The molecule has 0 bridgehead atoms. The monoisotopic (exact) mass is 215 g/mol. The zero-order valence-corrected chi connectivity index (χ0v) is 9.80. The molecule has 88 valence electrons. The van der Waals surface area contributed by atoms with Crippen LogP contribution in [-0.4, -0.2) is 49.3 Å². The molecule has 1 aliphatic heterocycles. The summed E-state index contributed by atoms with van der Waals surface area (Å²) < 4.78 is 5.19. The average Bonchev–Trinajstić information content (AvgIpc) is 2.15. The topological polar surface area (TPSA) is 53.6 Å². The predicted molar refractivity (Wildman–Crippen MR) is 58.3 cm³/mol. The maximum atomic E-state index is 11.5. The lowest BCUT2D eigenvalue weighted by Gasteiger charge is -2.28. The smallest absolute Gasteiger partial charge is 0.248 e. The highest BCUT2D eigenvalue weighted by Crippen LogP contribution is 1.97. The molecule has 1 aliphatic rings. The molecular weight excluding hydrogens is 194 g/mol. The standard InChI is InChI=1S/C10H21N3O2/c1-10(2,3)11-8-9(14)12-13-4-6-15-7-5-13/h11H,4-8H2,1-3H3,(H,12,14). The Kier molecular flexibility index (Phi) is 4.50. The van der Waals surface area contributed by atoms with E-state index in [4.69, 9.17) is 4.74 Å². The minimum absolute atomic E-state index is 0.00632. The Morgan fingerprint density at radius 1 is 1.33 bits per heavy atom. The molecule has 2 N–H and O–H groups in total. The maximum absolute atomic E-state index is 11.5. The van der Waals surface area contributed by atoms with Gasteiger partial charge in [0.1, 0.15) is 0 Å². The molecule has 1 fully saturated rings. The van der Waals surface area contributed by atoms with Gasteiger partial charge in [0.05, 0.1) is 19.8 Å². The minimum atomic E-state index is -0.0254. The van der Waals surface area contributed by atoms with Crippen LogP contribution < -0.4 is 10.7 Å². The van der Waals surface area contributed by atoms with Crippen molar-refractivity contribution in [2.24, 2.45) is 0 Å². The molecule has 5 nitrogen and oxygen atoms in total. The molecule has 0 atom stereocenters. The highest BCUT2D eigenvalue weighted by molar-refractivity contribution is 5.77. The normalized spacial score (nSPS) is 18.9. The Morgan fingerprint density at radius 3 is 2.47 bits per heavy atom. The number of hydrogen-bond acceptors (Lipinski definition) is 4. The third-order valence-corrected chi connectivity index (χ3v) is 2.07. The lowest BCUT2D eigenvalue weighted by Crippen LogP contribution is -2.52. The number of nitrogens with one attached hydrogen (secondary N) is 2. The van der Waals surface area contributed by atoms with Crippen LogP contribution in [0.4, 0.5) is 0 Å². The van der Waals surface area contributed by atoms with Gasteiger partial charge in [0, 0.05) is 18.6 Å². The van der Waals surface area contributed by atoms with Gasteiger partial charge < -0.3 is 10.1 Å². The number of nitrogens with zero attached hydrogens (tertiary/aromatic N) is 1. The zero-order chi connectivity index (χ0) is 11.3. The van der Waals surface area contributed by atoms with Gasteiger partial charge in [-0.1, -0.05) is 0 Å². The third kappa shape index (κ3) is 5.71. The van der Waals surface area contributed by atoms with Crippen molar-refractivity contribution in [3.8, 4) is 0 Å². The Hall–Kier alpha value is -0.650. The molecule has 0 aromatic carbocycles. The fourth-order valence-electron chi connectivity index (χ4n) is 1.24. The van der Waals surface area contributed by atoms with Crippen molar-refractivity contribution in [3.63, 3.8) is 0 Å². The van der Waals surface area contributed by atoms with Crippen LogP contribution in [0.1, 0.15) is 20.8 Å². The van der Waals surface area contributed by atoms with Gasteiger partial charge >= 0.3 is 0 Å². The summed E-state index contributed by atoms with van der Waals surface area (Å²) in [6, 6.07) is 0. The van der Waals surface area contributed by atoms with Gasteiger partial charge in [-0.05, 0) is 20.8 Å². The Bertz CT molecular complexity index is 207. The van der Waals surface area contributed by atoms with E-state index in [1.54, 1.807) is 0 Å². The highest BCUT2D eigenvalue weighted by Gasteiger charge is 2.15. The lowest BCUT2D eigenvalue weighted by atomic mass is 10.1. The second kappa shape index (κ2) is 5.44. The van der Waals surface area contributed by atoms with E-state index in [0.717, 1.165) is 13.1 Å². The van der Waals surface area contributed by atoms with E-state index < -0.39 is 0 Å². The first-order valence-corrected chi connectivity index (χ1v) is 5.34. The number of rotatable bonds is 3. The van der Waals surface area contributed by atoms with Gasteiger partial charge in [0.15, 0.2) is 0 Å². The molecule has 0 aromatic heterocycles. The number of ether oxygens (including phenoxy) is 1. The molecule has 0 radical (unpaired) electrons. The minimum Gasteiger partial charge on any atom is -0.379 e. The molecule has 0 aromatic rings. The van der Waals surface area contributed by atoms with Gasteiger partial charge in [-0.15, -0.1) is 0 Å². The summed E-state index contributed by atoms with van der Waals surface area (Å²) in [5.41, 5.74) is 2.82. The van der Waals surface area contributed by atoms with Gasteiger partial charge in [-0.2, -0.15) is 0 Å². The van der Waals surface area contributed by atoms with Crippen molar-refractivity contribution in [2.45, 2.75) is 26.3 Å². The van der Waals surface area contributed by atoms with Crippen molar-refractivity contribution in [2.75, 3.05) is 32.8 Å². The van der Waals surface area contributed by atoms with E-state index in [2.05, 4.69) is 10.7 Å². The van der Waals surface area contributed by atoms with Crippen LogP contribution in [0.3, 0.4) is 0 Å². The summed E-state index contributed by atoms with van der Waals surface area (Å²) in [5, 5.41) is 5.04. The van der Waals surface area contributed by atoms with Crippen LogP contribution in [0.25, 0.3) is 0 Å². The van der Waals surface area contributed by atoms with Gasteiger partial charge in [0.25, 0.3) is 0 Å². The quantitative estimate of drug-likeness (QED) is 0.681. The molecule has 0 spiro atoms. The molecule has 0 saturated carbocycles. The molecule has 0 unspecified atom stereocenters. The van der Waals surface area contributed by atoms with Crippen molar-refractivity contribution < 1.29 is 9.53 Å². The maximum Gasteiger partial charge on any atom is 0.248 e. The number of hydrogen-bond donors (Lipinski definition) is 2. The highest BCUT2D eigenvalue weighted by atomic mass is 16.5. The first-order valence-electron chi connectivity index (χ1n) is 5.34. The molecule has 1 saturated heterocycles. The summed E-state index contributed by atoms with van der Waals surface area (Å²) in [7, 11) is 0. The zero-order valence-electron chi connectivity index (χ0n) is 9.80. The summed E-state index contributed by atoms with van der Waals surface area (Å²) in [4.78, 5) is 11.5. The molecule has 5 heteroatoms. The van der Waals surface area contributed by atoms with E-state index in [-0.39, 0.29) is 11.4 Å². The second-order valence-electron chi connectivity index (χ2n) is 4.74. The lowest BCUT2D eigenvalue weighted by molar-refractivity contribution is -0.127. The van der Waals surface area contributed by atoms with Crippen LogP contribution in [0.2, 0.25) is 0 Å². The molecular formula is C10H21N3O2. The van der Waals surface area contributed by atoms with Crippen LogP contribution in [0.15, 0.2) is 0 Å². The van der Waals surface area contributed by atoms with Crippen LogP contribution >= 0.6 is 0 Å². The van der Waals surface area contributed by atoms with E-state index in [0.29, 0.717) is 19.8 Å². The van der Waals surface area contributed by atoms with Crippen LogP contribution in [-0.2, 0) is 9.53 Å². The fraction of sp³-hybridized carbons (Fsp3) is 0.900. The average molecular weight is 215 g/mol. The number of amides is 1. The van der Waals surface area contributed by atoms with Gasteiger partial charge in [0.2, 0.25) is 5.91 Å². The molecule has 15 heavy (non-hydrogen) atoms. The largest absolute Gasteiger partial charge is 0.379 e. The molecule has 0 aliphatic carbocycles. The van der Waals surface area contributed by atoms with Crippen molar-refractivity contribution in [3.05, 3.63) is 0 Å². The predicted octanol–water partition coefficient (Wildman–Crippen LogP) is -0.262. The van der Waals surface area contributed by atoms with Crippen molar-refractivity contribution in [1.82, 2.24) is 15.8 Å². The molecule has 1 amide bonds. The van der Waals surface area contributed by atoms with Crippen molar-refractivity contribution >= 4 is 5.91 Å². The summed E-state index contributed by atoms with van der Waals surface area (Å²) in [6.45, 7) is 9.36. The third-order valence-electron chi connectivity index (χ3n) is 2.07. The summed E-state index contributed by atoms with van der Waals surface area (Å²) in [5.74, 6) is 0.00632. The fourth-order valence-corrected chi connectivity index (χ4v) is 1.24. The van der Waals surface area contributed by atoms with Gasteiger partial charge in [-0.25, -0.2) is 5.01 Å². The first-order chi connectivity index (χ1) is 6.97. The number of carbonyl (C=O) groups is 1. The van der Waals surface area contributed by atoms with E-state index in [9.17, 15) is 4.79 Å². The number of morpholine rings is 1.